The van der Waals surface area contributed by atoms with E-state index in [0.29, 0.717) is 13.0 Å². The fourth-order valence-electron chi connectivity index (χ4n) is 1.43. The van der Waals surface area contributed by atoms with Crippen molar-refractivity contribution in [1.82, 2.24) is 15.6 Å². The fraction of sp³-hybridized carbons (Fsp3) is 0.538. The highest BCUT2D eigenvalue weighted by Crippen LogP contribution is 1.94. The Balaban J connectivity index is 2.02. The van der Waals surface area contributed by atoms with Gasteiger partial charge in [-0.1, -0.05) is 19.4 Å². The van der Waals surface area contributed by atoms with E-state index < -0.39 is 0 Å². The lowest BCUT2D eigenvalue weighted by molar-refractivity contribution is -0.121. The van der Waals surface area contributed by atoms with Gasteiger partial charge >= 0.3 is 0 Å². The van der Waals surface area contributed by atoms with Crippen LogP contribution in [-0.2, 0) is 11.3 Å². The smallest absolute Gasteiger partial charge is 0.221 e. The van der Waals surface area contributed by atoms with E-state index in [1.807, 2.05) is 18.3 Å². The summed E-state index contributed by atoms with van der Waals surface area (Å²) in [5, 5.41) is 6.11. The summed E-state index contributed by atoms with van der Waals surface area (Å²) in [6, 6.07) is 3.93. The molecule has 0 unspecified atom stereocenters. The van der Waals surface area contributed by atoms with Crippen LogP contribution in [0.4, 0.5) is 0 Å². The van der Waals surface area contributed by atoms with Crippen molar-refractivity contribution in [3.63, 3.8) is 0 Å². The van der Waals surface area contributed by atoms with Crippen LogP contribution < -0.4 is 10.6 Å². The van der Waals surface area contributed by atoms with Gasteiger partial charge in [-0.25, -0.2) is 0 Å². The summed E-state index contributed by atoms with van der Waals surface area (Å²) >= 11 is 0. The molecule has 0 saturated carbocycles. The summed E-state index contributed by atoms with van der Waals surface area (Å²) in [5.41, 5.74) is 1.14. The number of hydrogen-bond acceptors (Lipinski definition) is 3. The second-order valence-corrected chi connectivity index (χ2v) is 3.99. The number of rotatable bonds is 8. The number of nitrogens with zero attached hydrogens (tertiary/aromatic N) is 1. The first-order chi connectivity index (χ1) is 8.33. The summed E-state index contributed by atoms with van der Waals surface area (Å²) in [4.78, 5) is 15.4. The maximum absolute atomic E-state index is 11.4. The first kappa shape index (κ1) is 13.6. The van der Waals surface area contributed by atoms with Crippen LogP contribution in [0.15, 0.2) is 24.5 Å². The van der Waals surface area contributed by atoms with E-state index in [1.165, 1.54) is 0 Å². The van der Waals surface area contributed by atoms with Gasteiger partial charge in [0.05, 0.1) is 0 Å². The highest BCUT2D eigenvalue weighted by molar-refractivity contribution is 5.75. The maximum Gasteiger partial charge on any atom is 0.221 e. The zero-order valence-electron chi connectivity index (χ0n) is 10.4. The van der Waals surface area contributed by atoms with E-state index in [4.69, 9.17) is 0 Å². The quantitative estimate of drug-likeness (QED) is 0.671. The molecule has 0 bridgehead atoms. The molecule has 0 spiro atoms. The summed E-state index contributed by atoms with van der Waals surface area (Å²) in [6.45, 7) is 4.36. The number of unbranched alkanes of at least 4 members (excludes halogenated alkanes) is 1. The predicted molar refractivity (Wildman–Crippen MR) is 68.5 cm³/mol. The molecule has 1 amide bonds. The van der Waals surface area contributed by atoms with Crippen molar-refractivity contribution in [2.45, 2.75) is 32.7 Å². The summed E-state index contributed by atoms with van der Waals surface area (Å²) in [7, 11) is 0. The Kier molecular flexibility index (Phi) is 6.98. The van der Waals surface area contributed by atoms with Crippen LogP contribution in [0.1, 0.15) is 31.7 Å². The largest absolute Gasteiger partial charge is 0.356 e. The Morgan fingerprint density at radius 2 is 2.29 bits per heavy atom. The molecule has 0 fully saturated rings. The topological polar surface area (TPSA) is 54.0 Å². The number of pyridine rings is 1. The van der Waals surface area contributed by atoms with Crippen molar-refractivity contribution in [2.75, 3.05) is 13.1 Å². The molecular weight excluding hydrogens is 214 g/mol. The Morgan fingerprint density at radius 1 is 1.41 bits per heavy atom. The van der Waals surface area contributed by atoms with E-state index in [9.17, 15) is 4.79 Å². The van der Waals surface area contributed by atoms with E-state index in [0.717, 1.165) is 31.5 Å². The van der Waals surface area contributed by atoms with E-state index >= 15 is 0 Å². The number of hydrogen-bond donors (Lipinski definition) is 2. The minimum Gasteiger partial charge on any atom is -0.356 e. The minimum absolute atomic E-state index is 0.122. The summed E-state index contributed by atoms with van der Waals surface area (Å²) in [5.74, 6) is 0.122. The van der Waals surface area contributed by atoms with E-state index in [2.05, 4.69) is 22.5 Å². The standard InChI is InChI=1S/C13H21N3O/c1-2-3-8-16-13(17)6-9-15-11-12-5-4-7-14-10-12/h4-5,7,10,15H,2-3,6,8-9,11H2,1H3,(H,16,17). The van der Waals surface area contributed by atoms with Crippen LogP contribution in [0, 0.1) is 0 Å². The SMILES string of the molecule is CCCCNC(=O)CCNCc1cccnc1. The third-order valence-electron chi connectivity index (χ3n) is 2.43. The van der Waals surface area contributed by atoms with Crippen molar-refractivity contribution < 1.29 is 4.79 Å². The number of aromatic nitrogens is 1. The van der Waals surface area contributed by atoms with Crippen LogP contribution >= 0.6 is 0 Å². The molecule has 0 radical (unpaired) electrons. The van der Waals surface area contributed by atoms with Gasteiger partial charge in [0.1, 0.15) is 0 Å². The fourth-order valence-corrected chi connectivity index (χ4v) is 1.43. The van der Waals surface area contributed by atoms with Crippen LogP contribution in [0.5, 0.6) is 0 Å². The van der Waals surface area contributed by atoms with Gasteiger partial charge in [0.15, 0.2) is 0 Å². The third kappa shape index (κ3) is 6.68. The van der Waals surface area contributed by atoms with Gasteiger partial charge in [0.25, 0.3) is 0 Å². The molecule has 0 aliphatic rings. The molecule has 0 aliphatic heterocycles. The van der Waals surface area contributed by atoms with Gasteiger partial charge in [0, 0.05) is 38.4 Å². The molecule has 1 rings (SSSR count). The molecule has 4 heteroatoms. The monoisotopic (exact) mass is 235 g/mol. The third-order valence-corrected chi connectivity index (χ3v) is 2.43. The predicted octanol–water partition coefficient (Wildman–Crippen LogP) is 1.48. The normalized spacial score (nSPS) is 10.2. The Labute approximate surface area is 103 Å². The lowest BCUT2D eigenvalue weighted by Gasteiger charge is -2.05. The first-order valence-corrected chi connectivity index (χ1v) is 6.19. The van der Waals surface area contributed by atoms with Crippen molar-refractivity contribution in [3.8, 4) is 0 Å². The second kappa shape index (κ2) is 8.70. The van der Waals surface area contributed by atoms with Crippen molar-refractivity contribution >= 4 is 5.91 Å². The average Bonchev–Trinajstić information content (AvgIpc) is 2.36. The van der Waals surface area contributed by atoms with Crippen molar-refractivity contribution in [3.05, 3.63) is 30.1 Å². The molecule has 17 heavy (non-hydrogen) atoms. The number of carbonyl (C=O) groups is 1. The molecule has 1 aromatic heterocycles. The first-order valence-electron chi connectivity index (χ1n) is 6.19. The lowest BCUT2D eigenvalue weighted by atomic mass is 10.3. The number of nitrogens with one attached hydrogen (secondary N) is 2. The Hall–Kier alpha value is -1.42. The second-order valence-electron chi connectivity index (χ2n) is 3.99. The molecule has 0 saturated heterocycles. The lowest BCUT2D eigenvalue weighted by Crippen LogP contribution is -2.28. The molecule has 2 N–H and O–H groups in total. The molecule has 94 valence electrons. The van der Waals surface area contributed by atoms with Gasteiger partial charge < -0.3 is 10.6 Å². The molecule has 0 aromatic carbocycles. The number of carbonyl (C=O) groups excluding carboxylic acids is 1. The average molecular weight is 235 g/mol. The Bertz CT molecular complexity index is 314. The highest BCUT2D eigenvalue weighted by Gasteiger charge is 1.99. The number of amides is 1. The van der Waals surface area contributed by atoms with Gasteiger partial charge in [-0.15, -0.1) is 0 Å². The molecule has 0 aliphatic carbocycles. The summed E-state index contributed by atoms with van der Waals surface area (Å²) in [6.07, 6.45) is 6.28. The van der Waals surface area contributed by atoms with Crippen LogP contribution in [0.3, 0.4) is 0 Å². The van der Waals surface area contributed by atoms with Gasteiger partial charge in [-0.05, 0) is 18.1 Å². The van der Waals surface area contributed by atoms with Gasteiger partial charge in [0.2, 0.25) is 5.91 Å². The maximum atomic E-state index is 11.4. The van der Waals surface area contributed by atoms with E-state index in [-0.39, 0.29) is 5.91 Å². The van der Waals surface area contributed by atoms with Crippen molar-refractivity contribution in [2.24, 2.45) is 0 Å². The van der Waals surface area contributed by atoms with E-state index in [1.54, 1.807) is 6.20 Å². The van der Waals surface area contributed by atoms with Crippen LogP contribution in [0.25, 0.3) is 0 Å². The summed E-state index contributed by atoms with van der Waals surface area (Å²) < 4.78 is 0. The van der Waals surface area contributed by atoms with Crippen LogP contribution in [0.2, 0.25) is 0 Å². The minimum atomic E-state index is 0.122. The van der Waals surface area contributed by atoms with Crippen molar-refractivity contribution in [1.29, 1.82) is 0 Å². The Morgan fingerprint density at radius 3 is 3.00 bits per heavy atom. The highest BCUT2D eigenvalue weighted by atomic mass is 16.1. The van der Waals surface area contributed by atoms with Gasteiger partial charge in [-0.2, -0.15) is 0 Å². The zero-order valence-corrected chi connectivity index (χ0v) is 10.4. The van der Waals surface area contributed by atoms with Gasteiger partial charge in [-0.3, -0.25) is 9.78 Å². The van der Waals surface area contributed by atoms with Crippen LogP contribution in [-0.4, -0.2) is 24.0 Å². The zero-order chi connectivity index (χ0) is 12.3. The molecule has 1 aromatic rings. The molecule has 1 heterocycles. The molecule has 0 atom stereocenters. The molecular formula is C13H21N3O. The molecule has 4 nitrogen and oxygen atoms in total.